The number of nitrogens with zero attached hydrogens (tertiary/aromatic N) is 6. The summed E-state index contributed by atoms with van der Waals surface area (Å²) in [4.78, 5) is 31.6. The Labute approximate surface area is 230 Å². The van der Waals surface area contributed by atoms with Gasteiger partial charge in [-0.05, 0) is 43.3 Å². The maximum absolute atomic E-state index is 13.0. The summed E-state index contributed by atoms with van der Waals surface area (Å²) in [6.07, 6.45) is 1.37. The van der Waals surface area contributed by atoms with E-state index in [-0.39, 0.29) is 31.4 Å². The molecule has 1 amide bonds. The van der Waals surface area contributed by atoms with Crippen LogP contribution in [0.4, 0.5) is 0 Å². The smallest absolute Gasteiger partial charge is 0.303 e. The number of nitriles is 1. The lowest BCUT2D eigenvalue weighted by Crippen LogP contribution is -2.59. The molecule has 1 saturated heterocycles. The monoisotopic (exact) mass is 556 g/mol. The minimum absolute atomic E-state index is 0.108. The number of aliphatic carboxylic acids is 1. The van der Waals surface area contributed by atoms with Gasteiger partial charge in [-0.1, -0.05) is 35.3 Å². The molecule has 38 heavy (non-hydrogen) atoms. The lowest BCUT2D eigenvalue weighted by Gasteiger charge is -2.42. The second-order valence-corrected chi connectivity index (χ2v) is 9.65. The van der Waals surface area contributed by atoms with Crippen molar-refractivity contribution in [2.45, 2.75) is 31.9 Å². The Morgan fingerprint density at radius 1 is 1.11 bits per heavy atom. The molecule has 2 aromatic rings. The Bertz CT molecular complexity index is 1270. The van der Waals surface area contributed by atoms with Crippen molar-refractivity contribution in [3.63, 3.8) is 0 Å². The molecule has 2 aliphatic rings. The van der Waals surface area contributed by atoms with Crippen LogP contribution in [0.3, 0.4) is 0 Å². The fourth-order valence-electron chi connectivity index (χ4n) is 4.38. The first-order valence-electron chi connectivity index (χ1n) is 12.1. The molecule has 4 rings (SSSR count). The highest BCUT2D eigenvalue weighted by atomic mass is 35.5. The van der Waals surface area contributed by atoms with Gasteiger partial charge in [0.25, 0.3) is 0 Å². The number of carbonyl (C=O) groups is 2. The van der Waals surface area contributed by atoms with E-state index in [1.807, 2.05) is 30.1 Å². The number of hydrogen-bond acceptors (Lipinski definition) is 6. The third-order valence-electron chi connectivity index (χ3n) is 6.25. The van der Waals surface area contributed by atoms with E-state index in [9.17, 15) is 14.9 Å². The molecular formula is C26H26Cl2N6O4. The van der Waals surface area contributed by atoms with Gasteiger partial charge in [0.15, 0.2) is 0 Å². The molecule has 198 valence electrons. The van der Waals surface area contributed by atoms with Crippen LogP contribution in [-0.2, 0) is 9.59 Å². The summed E-state index contributed by atoms with van der Waals surface area (Å²) >= 11 is 12.0. The predicted molar refractivity (Wildman–Crippen MR) is 143 cm³/mol. The van der Waals surface area contributed by atoms with Crippen LogP contribution in [0.2, 0.25) is 10.0 Å². The first-order valence-corrected chi connectivity index (χ1v) is 12.8. The Hall–Kier alpha value is -3.81. The van der Waals surface area contributed by atoms with Gasteiger partial charge in [0.05, 0.1) is 37.8 Å². The number of ether oxygens (including phenoxy) is 1. The third kappa shape index (κ3) is 6.36. The lowest BCUT2D eigenvalue weighted by molar-refractivity contribution is -0.141. The summed E-state index contributed by atoms with van der Waals surface area (Å²) in [5, 5.41) is 26.0. The third-order valence-corrected chi connectivity index (χ3v) is 6.75. The standard InChI is InChI=1S/C26H26Cl2N6O4/c1-2-33(23(35)11-12-24(36)37)22-15-34(31-25(22)17-3-5-18(27)6-4-17)26(30-16-29)32-13-21(14-32)38-20-9-7-19(28)8-10-20/h3-10,21-22H,2,11-15H2,1H3,(H,36,37)/b30-26-. The number of hydrogen-bond donors (Lipinski definition) is 1. The minimum Gasteiger partial charge on any atom is -0.487 e. The number of hydrazone groups is 1. The number of guanidine groups is 1. The number of benzene rings is 2. The van der Waals surface area contributed by atoms with Crippen molar-refractivity contribution in [1.82, 2.24) is 14.8 Å². The van der Waals surface area contributed by atoms with Gasteiger partial charge in [-0.15, -0.1) is 4.99 Å². The number of carboxylic acids is 1. The van der Waals surface area contributed by atoms with Crippen molar-refractivity contribution >= 4 is 46.7 Å². The van der Waals surface area contributed by atoms with Crippen LogP contribution in [0.15, 0.2) is 58.6 Å². The fourth-order valence-corrected chi connectivity index (χ4v) is 4.63. The maximum Gasteiger partial charge on any atom is 0.303 e. The largest absolute Gasteiger partial charge is 0.487 e. The Balaban J connectivity index is 1.54. The highest BCUT2D eigenvalue weighted by molar-refractivity contribution is 6.31. The van der Waals surface area contributed by atoms with E-state index in [0.29, 0.717) is 47.1 Å². The molecule has 12 heteroatoms. The van der Waals surface area contributed by atoms with E-state index >= 15 is 0 Å². The van der Waals surface area contributed by atoms with Crippen LogP contribution in [0, 0.1) is 11.5 Å². The van der Waals surface area contributed by atoms with Crippen LogP contribution in [0.25, 0.3) is 0 Å². The van der Waals surface area contributed by atoms with Crippen molar-refractivity contribution < 1.29 is 19.4 Å². The molecule has 2 aliphatic heterocycles. The highest BCUT2D eigenvalue weighted by Gasteiger charge is 2.40. The molecule has 0 saturated carbocycles. The number of carbonyl (C=O) groups excluding carboxylic acids is 1. The Morgan fingerprint density at radius 2 is 1.74 bits per heavy atom. The quantitative estimate of drug-likeness (QED) is 0.299. The molecule has 2 heterocycles. The summed E-state index contributed by atoms with van der Waals surface area (Å²) < 4.78 is 5.98. The summed E-state index contributed by atoms with van der Waals surface area (Å²) in [7, 11) is 0. The molecule has 2 aromatic carbocycles. The van der Waals surface area contributed by atoms with Gasteiger partial charge < -0.3 is 19.6 Å². The number of aliphatic imine (C=N–C) groups is 1. The van der Waals surface area contributed by atoms with Crippen molar-refractivity contribution in [3.8, 4) is 11.9 Å². The number of amides is 1. The number of rotatable bonds is 8. The van der Waals surface area contributed by atoms with Gasteiger partial charge in [-0.25, -0.2) is 5.01 Å². The van der Waals surface area contributed by atoms with Crippen LogP contribution in [-0.4, -0.2) is 81.8 Å². The molecule has 10 nitrogen and oxygen atoms in total. The van der Waals surface area contributed by atoms with Gasteiger partial charge in [-0.2, -0.15) is 10.4 Å². The zero-order valence-corrected chi connectivity index (χ0v) is 22.1. The van der Waals surface area contributed by atoms with Crippen LogP contribution >= 0.6 is 23.2 Å². The molecule has 0 bridgehead atoms. The zero-order valence-electron chi connectivity index (χ0n) is 20.6. The Morgan fingerprint density at radius 3 is 2.32 bits per heavy atom. The number of carboxylic acid groups (broad SMARTS) is 1. The average molecular weight is 557 g/mol. The molecule has 1 N–H and O–H groups in total. The topological polar surface area (TPSA) is 122 Å². The van der Waals surface area contributed by atoms with Gasteiger partial charge in [-0.3, -0.25) is 9.59 Å². The summed E-state index contributed by atoms with van der Waals surface area (Å²) in [6.45, 7) is 3.43. The average Bonchev–Trinajstić information content (AvgIpc) is 3.30. The van der Waals surface area contributed by atoms with E-state index in [1.165, 1.54) is 0 Å². The van der Waals surface area contributed by atoms with E-state index in [4.69, 9.17) is 38.1 Å². The van der Waals surface area contributed by atoms with Crippen LogP contribution in [0.5, 0.6) is 5.75 Å². The van der Waals surface area contributed by atoms with Gasteiger partial charge >= 0.3 is 5.97 Å². The number of likely N-dealkylation sites (N-methyl/N-ethyl adjacent to an activating group) is 1. The SMILES string of the molecule is CCN(C(=O)CCC(=O)O)C1CN(/C(=N\C#N)N2CC(Oc3ccc(Cl)cc3)C2)N=C1c1ccc(Cl)cc1. The van der Waals surface area contributed by atoms with E-state index in [2.05, 4.69) is 4.99 Å². The molecule has 0 radical (unpaired) electrons. The first kappa shape index (κ1) is 27.2. The molecule has 0 aromatic heterocycles. The van der Waals surface area contributed by atoms with Gasteiger partial charge in [0, 0.05) is 28.6 Å². The van der Waals surface area contributed by atoms with Gasteiger partial charge in [0.2, 0.25) is 18.1 Å². The van der Waals surface area contributed by atoms with Crippen molar-refractivity contribution in [1.29, 1.82) is 5.26 Å². The molecule has 1 fully saturated rings. The normalized spacial score (nSPS) is 17.5. The van der Waals surface area contributed by atoms with Crippen LogP contribution < -0.4 is 4.74 Å². The van der Waals surface area contributed by atoms with E-state index < -0.39 is 12.0 Å². The first-order chi connectivity index (χ1) is 18.3. The van der Waals surface area contributed by atoms with Crippen LogP contribution in [0.1, 0.15) is 25.3 Å². The molecule has 0 aliphatic carbocycles. The zero-order chi connectivity index (χ0) is 27.2. The number of likely N-dealkylation sites (tertiary alicyclic amines) is 1. The molecule has 1 atom stereocenters. The van der Waals surface area contributed by atoms with Crippen molar-refractivity contribution in [2.75, 3.05) is 26.2 Å². The summed E-state index contributed by atoms with van der Waals surface area (Å²) in [6, 6.07) is 13.7. The lowest BCUT2D eigenvalue weighted by atomic mass is 10.0. The Kier molecular flexibility index (Phi) is 8.71. The van der Waals surface area contributed by atoms with E-state index in [1.54, 1.807) is 46.3 Å². The summed E-state index contributed by atoms with van der Waals surface area (Å²) in [5.41, 5.74) is 1.36. The van der Waals surface area contributed by atoms with Crippen molar-refractivity contribution in [3.05, 3.63) is 64.1 Å². The molecular weight excluding hydrogens is 531 g/mol. The second-order valence-electron chi connectivity index (χ2n) is 8.77. The fraction of sp³-hybridized carbons (Fsp3) is 0.346. The second kappa shape index (κ2) is 12.2. The summed E-state index contributed by atoms with van der Waals surface area (Å²) in [5.74, 6) is -0.278. The van der Waals surface area contributed by atoms with E-state index in [0.717, 1.165) is 5.56 Å². The highest BCUT2D eigenvalue weighted by Crippen LogP contribution is 2.26. The number of halogens is 2. The predicted octanol–water partition coefficient (Wildman–Crippen LogP) is 3.70. The minimum atomic E-state index is -1.04. The van der Waals surface area contributed by atoms with Crippen molar-refractivity contribution in [2.24, 2.45) is 10.1 Å². The molecule has 0 spiro atoms. The van der Waals surface area contributed by atoms with Gasteiger partial charge in [0.1, 0.15) is 11.9 Å². The molecule has 1 unspecified atom stereocenters. The maximum atomic E-state index is 13.0.